The van der Waals surface area contributed by atoms with E-state index in [1.165, 1.54) is 12.8 Å². The van der Waals surface area contributed by atoms with Crippen molar-refractivity contribution < 1.29 is 14.6 Å². The monoisotopic (exact) mass is 507 g/mol. The van der Waals surface area contributed by atoms with Gasteiger partial charge in [0.2, 0.25) is 0 Å². The number of guanidine groups is 1. The third-order valence-corrected chi connectivity index (χ3v) is 4.14. The molecule has 6 nitrogen and oxygen atoms in total. The number of hydrogen-bond acceptors (Lipinski definition) is 4. The van der Waals surface area contributed by atoms with Crippen LogP contribution in [-0.2, 0) is 6.54 Å². The third-order valence-electron chi connectivity index (χ3n) is 4.14. The number of nitrogens with one attached hydrogen (secondary N) is 2. The standard InChI is InChI=1S/C21H37N3O3.HI/c1-6-22-21(24-17(4)9-7-8-16(2)3)23-15-18-10-11-19(27-13-12-25)20(14-18)26-5;/h10-11,14,16-17,25H,6-9,12-13,15H2,1-5H3,(H2,22,23,24);1H. The van der Waals surface area contributed by atoms with Crippen molar-refractivity contribution in [2.45, 2.75) is 59.5 Å². The van der Waals surface area contributed by atoms with E-state index in [2.05, 4.69) is 38.3 Å². The van der Waals surface area contributed by atoms with E-state index < -0.39 is 0 Å². The number of halogens is 1. The normalized spacial score (nSPS) is 12.3. The van der Waals surface area contributed by atoms with E-state index in [1.807, 2.05) is 18.2 Å². The van der Waals surface area contributed by atoms with Gasteiger partial charge in [-0.2, -0.15) is 0 Å². The first-order valence-electron chi connectivity index (χ1n) is 9.95. The van der Waals surface area contributed by atoms with E-state index in [-0.39, 0.29) is 37.2 Å². The van der Waals surface area contributed by atoms with Crippen molar-refractivity contribution >= 4 is 29.9 Å². The zero-order chi connectivity index (χ0) is 20.1. The molecule has 0 saturated carbocycles. The fourth-order valence-corrected chi connectivity index (χ4v) is 2.71. The van der Waals surface area contributed by atoms with Gasteiger partial charge < -0.3 is 25.2 Å². The zero-order valence-electron chi connectivity index (χ0n) is 18.0. The van der Waals surface area contributed by atoms with Crippen molar-refractivity contribution in [1.82, 2.24) is 10.6 Å². The van der Waals surface area contributed by atoms with Crippen LogP contribution in [0.3, 0.4) is 0 Å². The van der Waals surface area contributed by atoms with Crippen LogP contribution in [0, 0.1) is 5.92 Å². The fraction of sp³-hybridized carbons (Fsp3) is 0.667. The summed E-state index contributed by atoms with van der Waals surface area (Å²) < 4.78 is 10.8. The van der Waals surface area contributed by atoms with Crippen molar-refractivity contribution in [3.63, 3.8) is 0 Å². The zero-order valence-corrected chi connectivity index (χ0v) is 20.3. The van der Waals surface area contributed by atoms with Crippen molar-refractivity contribution in [3.05, 3.63) is 23.8 Å². The minimum absolute atomic E-state index is 0. The van der Waals surface area contributed by atoms with E-state index in [0.29, 0.717) is 24.1 Å². The van der Waals surface area contributed by atoms with E-state index in [9.17, 15) is 0 Å². The molecule has 0 aliphatic rings. The highest BCUT2D eigenvalue weighted by Crippen LogP contribution is 2.28. The largest absolute Gasteiger partial charge is 0.493 e. The molecule has 0 heterocycles. The third kappa shape index (κ3) is 10.9. The number of aliphatic hydroxyl groups excluding tert-OH is 1. The minimum atomic E-state index is -0.0255. The smallest absolute Gasteiger partial charge is 0.191 e. The highest BCUT2D eigenvalue weighted by Gasteiger charge is 2.08. The van der Waals surface area contributed by atoms with E-state index >= 15 is 0 Å². The number of aliphatic imine (C=N–C) groups is 1. The lowest BCUT2D eigenvalue weighted by Gasteiger charge is -2.18. The molecule has 1 aromatic carbocycles. The summed E-state index contributed by atoms with van der Waals surface area (Å²) in [6, 6.07) is 6.12. The molecule has 162 valence electrons. The van der Waals surface area contributed by atoms with Crippen LogP contribution in [0.5, 0.6) is 11.5 Å². The maximum absolute atomic E-state index is 8.90. The van der Waals surface area contributed by atoms with Gasteiger partial charge in [-0.25, -0.2) is 4.99 Å². The number of aliphatic hydroxyl groups is 1. The number of methoxy groups -OCH3 is 1. The Labute approximate surface area is 187 Å². The summed E-state index contributed by atoms with van der Waals surface area (Å²) in [6.45, 7) is 10.4. The SMILES string of the molecule is CCNC(=NCc1ccc(OCCO)c(OC)c1)NC(C)CCCC(C)C.I. The van der Waals surface area contributed by atoms with Gasteiger partial charge in [0, 0.05) is 12.6 Å². The molecule has 0 saturated heterocycles. The molecule has 1 unspecified atom stereocenters. The lowest BCUT2D eigenvalue weighted by molar-refractivity contribution is 0.196. The molecule has 7 heteroatoms. The highest BCUT2D eigenvalue weighted by atomic mass is 127. The summed E-state index contributed by atoms with van der Waals surface area (Å²) in [5.74, 6) is 2.85. The Kier molecular flexibility index (Phi) is 15.0. The van der Waals surface area contributed by atoms with Gasteiger partial charge in [0.05, 0.1) is 20.3 Å². The van der Waals surface area contributed by atoms with Crippen molar-refractivity contribution in [1.29, 1.82) is 0 Å². The average Bonchev–Trinajstić information content (AvgIpc) is 2.64. The number of rotatable bonds is 12. The van der Waals surface area contributed by atoms with Crippen LogP contribution in [0.25, 0.3) is 0 Å². The second-order valence-electron chi connectivity index (χ2n) is 7.12. The molecule has 28 heavy (non-hydrogen) atoms. The second-order valence-corrected chi connectivity index (χ2v) is 7.12. The van der Waals surface area contributed by atoms with E-state index in [0.717, 1.165) is 30.4 Å². The van der Waals surface area contributed by atoms with Gasteiger partial charge in [-0.05, 0) is 43.9 Å². The molecule has 3 N–H and O–H groups in total. The highest BCUT2D eigenvalue weighted by molar-refractivity contribution is 14.0. The first kappa shape index (κ1) is 26.8. The maximum atomic E-state index is 8.90. The molecule has 0 aromatic heterocycles. The topological polar surface area (TPSA) is 75.1 Å². The lowest BCUT2D eigenvalue weighted by Crippen LogP contribution is -2.42. The van der Waals surface area contributed by atoms with Gasteiger partial charge in [-0.1, -0.05) is 32.8 Å². The minimum Gasteiger partial charge on any atom is -0.493 e. The molecular weight excluding hydrogens is 469 g/mol. The Morgan fingerprint density at radius 3 is 2.54 bits per heavy atom. The van der Waals surface area contributed by atoms with Crippen LogP contribution in [0.15, 0.2) is 23.2 Å². The van der Waals surface area contributed by atoms with Gasteiger partial charge in [0.15, 0.2) is 17.5 Å². The van der Waals surface area contributed by atoms with Crippen molar-refractivity contribution in [2.24, 2.45) is 10.9 Å². The summed E-state index contributed by atoms with van der Waals surface area (Å²) in [5, 5.41) is 15.7. The molecule has 0 bridgehead atoms. The number of ether oxygens (including phenoxy) is 2. The summed E-state index contributed by atoms with van der Waals surface area (Å²) in [7, 11) is 1.61. The van der Waals surface area contributed by atoms with Crippen molar-refractivity contribution in [3.8, 4) is 11.5 Å². The molecule has 1 rings (SSSR count). The predicted molar refractivity (Wildman–Crippen MR) is 127 cm³/mol. The van der Waals surface area contributed by atoms with Crippen LogP contribution >= 0.6 is 24.0 Å². The van der Waals surface area contributed by atoms with Crippen LogP contribution in [0.4, 0.5) is 0 Å². The summed E-state index contributed by atoms with van der Waals surface area (Å²) in [6.07, 6.45) is 3.61. The Morgan fingerprint density at radius 2 is 1.93 bits per heavy atom. The number of hydrogen-bond donors (Lipinski definition) is 3. The summed E-state index contributed by atoms with van der Waals surface area (Å²) >= 11 is 0. The molecule has 0 spiro atoms. The average molecular weight is 507 g/mol. The molecule has 0 fully saturated rings. The lowest BCUT2D eigenvalue weighted by atomic mass is 10.0. The Bertz CT molecular complexity index is 568. The molecule has 1 aromatic rings. The molecule has 0 aliphatic carbocycles. The van der Waals surface area contributed by atoms with Crippen molar-refractivity contribution in [2.75, 3.05) is 26.9 Å². The van der Waals surface area contributed by atoms with Gasteiger partial charge in [-0.15, -0.1) is 24.0 Å². The molecule has 1 atom stereocenters. The predicted octanol–water partition coefficient (Wildman–Crippen LogP) is 3.95. The molecular formula is C21H38IN3O3. The van der Waals surface area contributed by atoms with Crippen LogP contribution < -0.4 is 20.1 Å². The molecule has 0 radical (unpaired) electrons. The van der Waals surface area contributed by atoms with Gasteiger partial charge in [0.1, 0.15) is 6.61 Å². The number of benzene rings is 1. The van der Waals surface area contributed by atoms with Crippen LogP contribution in [0.2, 0.25) is 0 Å². The Morgan fingerprint density at radius 1 is 1.18 bits per heavy atom. The van der Waals surface area contributed by atoms with Gasteiger partial charge >= 0.3 is 0 Å². The van der Waals surface area contributed by atoms with Crippen LogP contribution in [-0.4, -0.2) is 44.0 Å². The summed E-state index contributed by atoms with van der Waals surface area (Å²) in [4.78, 5) is 4.69. The quantitative estimate of drug-likeness (QED) is 0.227. The molecule has 0 aliphatic heterocycles. The first-order chi connectivity index (χ1) is 13.0. The first-order valence-corrected chi connectivity index (χ1v) is 9.95. The Hall–Kier alpha value is -1.22. The number of nitrogens with zero attached hydrogens (tertiary/aromatic N) is 1. The van der Waals surface area contributed by atoms with E-state index in [4.69, 9.17) is 19.6 Å². The van der Waals surface area contributed by atoms with Gasteiger partial charge in [0.25, 0.3) is 0 Å². The Balaban J connectivity index is 0.00000729. The second kappa shape index (κ2) is 15.7. The van der Waals surface area contributed by atoms with Gasteiger partial charge in [-0.3, -0.25) is 0 Å². The molecule has 0 amide bonds. The van der Waals surface area contributed by atoms with E-state index in [1.54, 1.807) is 7.11 Å². The maximum Gasteiger partial charge on any atom is 0.191 e. The summed E-state index contributed by atoms with van der Waals surface area (Å²) in [5.41, 5.74) is 1.04. The fourth-order valence-electron chi connectivity index (χ4n) is 2.71. The van der Waals surface area contributed by atoms with Crippen LogP contribution in [0.1, 0.15) is 52.5 Å².